The molecule has 4 aromatic rings. The van der Waals surface area contributed by atoms with Crippen LogP contribution in [0.3, 0.4) is 0 Å². The largest absolute Gasteiger partial charge is 0.333 e. The number of nitrogens with one attached hydrogen (secondary N) is 2. The summed E-state index contributed by atoms with van der Waals surface area (Å²) in [5.41, 5.74) is 2.68. The molecule has 2 heterocycles. The van der Waals surface area contributed by atoms with E-state index in [-0.39, 0.29) is 12.1 Å². The van der Waals surface area contributed by atoms with E-state index < -0.39 is 0 Å². The minimum absolute atomic E-state index is 0.264. The van der Waals surface area contributed by atoms with Gasteiger partial charge in [0.05, 0.1) is 11.7 Å². The van der Waals surface area contributed by atoms with Crippen LogP contribution in [-0.2, 0) is 0 Å². The highest BCUT2D eigenvalue weighted by molar-refractivity contribution is 7.14. The van der Waals surface area contributed by atoms with Crippen molar-refractivity contribution < 1.29 is 9.32 Å². The van der Waals surface area contributed by atoms with Crippen LogP contribution in [0.4, 0.5) is 10.5 Å². The van der Waals surface area contributed by atoms with E-state index in [9.17, 15) is 4.79 Å². The molecule has 1 saturated carbocycles. The van der Waals surface area contributed by atoms with Gasteiger partial charge in [-0.15, -0.1) is 11.3 Å². The van der Waals surface area contributed by atoms with Crippen LogP contribution in [0.15, 0.2) is 76.6 Å². The van der Waals surface area contributed by atoms with Crippen LogP contribution in [0.5, 0.6) is 0 Å². The molecule has 1 fully saturated rings. The predicted octanol–water partition coefficient (Wildman–Crippen LogP) is 5.59. The first kappa shape index (κ1) is 18.6. The SMILES string of the molecule is O=C(Nc1ccsc1-c1nc(C2CC2)no1)NC(c1ccccc1)c1ccccc1. The Morgan fingerprint density at radius 2 is 1.67 bits per heavy atom. The van der Waals surface area contributed by atoms with Crippen LogP contribution < -0.4 is 10.6 Å². The zero-order valence-corrected chi connectivity index (χ0v) is 16.9. The maximum absolute atomic E-state index is 12.9. The Labute approximate surface area is 178 Å². The van der Waals surface area contributed by atoms with Gasteiger partial charge in [0, 0.05) is 5.92 Å². The van der Waals surface area contributed by atoms with E-state index in [4.69, 9.17) is 4.52 Å². The smallest absolute Gasteiger partial charge is 0.320 e. The summed E-state index contributed by atoms with van der Waals surface area (Å²) in [7, 11) is 0. The van der Waals surface area contributed by atoms with Gasteiger partial charge in [-0.2, -0.15) is 4.98 Å². The fourth-order valence-corrected chi connectivity index (χ4v) is 4.12. The molecule has 0 saturated heterocycles. The third kappa shape index (κ3) is 3.97. The number of nitrogens with zero attached hydrogens (tertiary/aromatic N) is 2. The Hall–Kier alpha value is -3.45. The number of carbonyl (C=O) groups is 1. The van der Waals surface area contributed by atoms with Crippen molar-refractivity contribution in [2.45, 2.75) is 24.8 Å². The molecular weight excluding hydrogens is 396 g/mol. The molecule has 0 aliphatic heterocycles. The molecule has 6 nitrogen and oxygen atoms in total. The first-order valence-electron chi connectivity index (χ1n) is 9.87. The van der Waals surface area contributed by atoms with Crippen molar-refractivity contribution in [1.82, 2.24) is 15.5 Å². The van der Waals surface area contributed by atoms with E-state index in [2.05, 4.69) is 20.8 Å². The highest BCUT2D eigenvalue weighted by Gasteiger charge is 2.29. The number of aromatic nitrogens is 2. The number of anilines is 1. The van der Waals surface area contributed by atoms with E-state index in [0.29, 0.717) is 17.5 Å². The molecule has 7 heteroatoms. The number of hydrogen-bond acceptors (Lipinski definition) is 5. The summed E-state index contributed by atoms with van der Waals surface area (Å²) in [5.74, 6) is 1.62. The van der Waals surface area contributed by atoms with Gasteiger partial charge in [0.2, 0.25) is 0 Å². The first-order chi connectivity index (χ1) is 14.8. The topological polar surface area (TPSA) is 80.1 Å². The van der Waals surface area contributed by atoms with Gasteiger partial charge in [-0.3, -0.25) is 0 Å². The fourth-order valence-electron chi connectivity index (χ4n) is 3.35. The van der Waals surface area contributed by atoms with E-state index in [1.807, 2.05) is 72.1 Å². The maximum atomic E-state index is 12.9. The Balaban J connectivity index is 1.35. The van der Waals surface area contributed by atoms with Gasteiger partial charge in [-0.05, 0) is 35.4 Å². The lowest BCUT2D eigenvalue weighted by atomic mass is 9.99. The van der Waals surface area contributed by atoms with Crippen molar-refractivity contribution in [3.63, 3.8) is 0 Å². The lowest BCUT2D eigenvalue weighted by Gasteiger charge is -2.20. The fraction of sp³-hybridized carbons (Fsp3) is 0.174. The Kier molecular flexibility index (Phi) is 5.03. The molecule has 1 aliphatic rings. The molecule has 0 unspecified atom stereocenters. The molecular formula is C23H20N4O2S. The van der Waals surface area contributed by atoms with Gasteiger partial charge in [-0.25, -0.2) is 4.79 Å². The number of hydrogen-bond donors (Lipinski definition) is 2. The van der Waals surface area contributed by atoms with Gasteiger partial charge < -0.3 is 15.2 Å². The second-order valence-corrected chi connectivity index (χ2v) is 8.16. The Bertz CT molecular complexity index is 1100. The molecule has 30 heavy (non-hydrogen) atoms. The van der Waals surface area contributed by atoms with Crippen LogP contribution in [0, 0.1) is 0 Å². The molecule has 5 rings (SSSR count). The number of urea groups is 1. The van der Waals surface area contributed by atoms with Gasteiger partial charge in [-0.1, -0.05) is 65.8 Å². The zero-order valence-electron chi connectivity index (χ0n) is 16.1. The molecule has 0 radical (unpaired) electrons. The van der Waals surface area contributed by atoms with Crippen molar-refractivity contribution in [2.24, 2.45) is 0 Å². The second kappa shape index (κ2) is 8.12. The minimum atomic E-state index is -0.297. The van der Waals surface area contributed by atoms with Crippen molar-refractivity contribution in [2.75, 3.05) is 5.32 Å². The Morgan fingerprint density at radius 1 is 1.00 bits per heavy atom. The van der Waals surface area contributed by atoms with Crippen LogP contribution in [0.25, 0.3) is 10.8 Å². The lowest BCUT2D eigenvalue weighted by molar-refractivity contribution is 0.250. The number of thiophene rings is 1. The molecule has 1 aliphatic carbocycles. The van der Waals surface area contributed by atoms with Crippen LogP contribution in [0.1, 0.15) is 41.8 Å². The lowest BCUT2D eigenvalue weighted by Crippen LogP contribution is -2.33. The summed E-state index contributed by atoms with van der Waals surface area (Å²) < 4.78 is 5.43. The van der Waals surface area contributed by atoms with Crippen molar-refractivity contribution in [3.05, 3.63) is 89.1 Å². The number of benzene rings is 2. The quantitative estimate of drug-likeness (QED) is 0.430. The first-order valence-corrected chi connectivity index (χ1v) is 10.7. The summed E-state index contributed by atoms with van der Waals surface area (Å²) in [6, 6.07) is 21.1. The summed E-state index contributed by atoms with van der Waals surface area (Å²) in [5, 5.41) is 12.0. The highest BCUT2D eigenvalue weighted by Crippen LogP contribution is 2.40. The molecule has 0 bridgehead atoms. The van der Waals surface area contributed by atoms with E-state index in [1.165, 1.54) is 11.3 Å². The maximum Gasteiger partial charge on any atom is 0.320 e. The van der Waals surface area contributed by atoms with Gasteiger partial charge in [0.1, 0.15) is 4.88 Å². The molecule has 2 aromatic carbocycles. The van der Waals surface area contributed by atoms with Gasteiger partial charge in [0.15, 0.2) is 5.82 Å². The monoisotopic (exact) mass is 416 g/mol. The van der Waals surface area contributed by atoms with Gasteiger partial charge >= 0.3 is 6.03 Å². The molecule has 0 spiro atoms. The van der Waals surface area contributed by atoms with E-state index >= 15 is 0 Å². The third-order valence-corrected chi connectivity index (χ3v) is 5.94. The summed E-state index contributed by atoms with van der Waals surface area (Å²) >= 11 is 1.46. The molecule has 2 amide bonds. The second-order valence-electron chi connectivity index (χ2n) is 7.25. The zero-order chi connectivity index (χ0) is 20.3. The number of rotatable bonds is 6. The van der Waals surface area contributed by atoms with Gasteiger partial charge in [0.25, 0.3) is 5.89 Å². The predicted molar refractivity (Wildman–Crippen MR) is 116 cm³/mol. The van der Waals surface area contributed by atoms with E-state index in [1.54, 1.807) is 0 Å². The molecule has 150 valence electrons. The molecule has 2 N–H and O–H groups in total. The molecule has 2 aromatic heterocycles. The molecule has 0 atom stereocenters. The summed E-state index contributed by atoms with van der Waals surface area (Å²) in [6.45, 7) is 0. The Morgan fingerprint density at radius 3 is 2.30 bits per heavy atom. The standard InChI is InChI=1S/C23H20N4O2S/c28-23(25-19(15-7-3-1-4-8-15)16-9-5-2-6-10-16)24-18-13-14-30-20(18)22-26-21(27-29-22)17-11-12-17/h1-10,13-14,17,19H,11-12H2,(H2,24,25,28). The summed E-state index contributed by atoms with van der Waals surface area (Å²) in [6.07, 6.45) is 2.22. The van der Waals surface area contributed by atoms with Crippen LogP contribution >= 0.6 is 11.3 Å². The van der Waals surface area contributed by atoms with Crippen molar-refractivity contribution >= 4 is 23.1 Å². The van der Waals surface area contributed by atoms with Crippen LogP contribution in [-0.4, -0.2) is 16.2 Å². The van der Waals surface area contributed by atoms with Crippen molar-refractivity contribution in [3.8, 4) is 10.8 Å². The van der Waals surface area contributed by atoms with Crippen LogP contribution in [0.2, 0.25) is 0 Å². The third-order valence-electron chi connectivity index (χ3n) is 5.03. The average Bonchev–Trinajstić information content (AvgIpc) is 3.34. The highest BCUT2D eigenvalue weighted by atomic mass is 32.1. The summed E-state index contributed by atoms with van der Waals surface area (Å²) in [4.78, 5) is 18.2. The minimum Gasteiger partial charge on any atom is -0.333 e. The average molecular weight is 417 g/mol. The number of carbonyl (C=O) groups excluding carboxylic acids is 1. The van der Waals surface area contributed by atoms with Crippen molar-refractivity contribution in [1.29, 1.82) is 0 Å². The van der Waals surface area contributed by atoms with E-state index in [0.717, 1.165) is 34.7 Å². The number of amides is 2. The normalized spacial score (nSPS) is 13.4.